The summed E-state index contributed by atoms with van der Waals surface area (Å²) in [6.45, 7) is 7.11. The Morgan fingerprint density at radius 3 is 2.46 bits per heavy atom. The van der Waals surface area contributed by atoms with Gasteiger partial charge < -0.3 is 14.1 Å². The maximum Gasteiger partial charge on any atom is 0.142 e. The second kappa shape index (κ2) is 9.74. The summed E-state index contributed by atoms with van der Waals surface area (Å²) >= 11 is 0. The van der Waals surface area contributed by atoms with E-state index in [1.54, 1.807) is 6.21 Å². The van der Waals surface area contributed by atoms with Crippen molar-refractivity contribution < 1.29 is 14.1 Å². The summed E-state index contributed by atoms with van der Waals surface area (Å²) in [6.07, 6.45) is 3.44. The van der Waals surface area contributed by atoms with Crippen LogP contribution >= 0.6 is 0 Å². The zero-order chi connectivity index (χ0) is 19.8. The predicted molar refractivity (Wildman–Crippen MR) is 110 cm³/mol. The van der Waals surface area contributed by atoms with Crippen LogP contribution in [0, 0.1) is 20.8 Å². The Labute approximate surface area is 166 Å². The monoisotopic (exact) mass is 378 g/mol. The van der Waals surface area contributed by atoms with Crippen molar-refractivity contribution >= 4 is 6.21 Å². The van der Waals surface area contributed by atoms with Gasteiger partial charge in [-0.15, -0.1) is 0 Å². The molecule has 5 nitrogen and oxygen atoms in total. The van der Waals surface area contributed by atoms with Crippen LogP contribution in [0.25, 0.3) is 0 Å². The third kappa shape index (κ3) is 5.71. The molecule has 3 aromatic rings. The number of benzene rings is 2. The second-order valence-electron chi connectivity index (χ2n) is 6.86. The molecule has 0 fully saturated rings. The average Bonchev–Trinajstić information content (AvgIpc) is 3.10. The Hall–Kier alpha value is -3.08. The molecule has 0 aliphatic rings. The number of nitrogens with zero attached hydrogens (tertiary/aromatic N) is 2. The first-order valence-electron chi connectivity index (χ1n) is 9.47. The number of aryl methyl sites for hydroxylation is 4. The van der Waals surface area contributed by atoms with E-state index in [9.17, 15) is 0 Å². The summed E-state index contributed by atoms with van der Waals surface area (Å²) in [6, 6.07) is 16.1. The second-order valence-corrected chi connectivity index (χ2v) is 6.86. The Kier molecular flexibility index (Phi) is 6.84. The van der Waals surface area contributed by atoms with Gasteiger partial charge in [0.1, 0.15) is 18.1 Å². The van der Waals surface area contributed by atoms with Crippen LogP contribution in [0.5, 0.6) is 5.75 Å². The van der Waals surface area contributed by atoms with Crippen molar-refractivity contribution in [1.29, 1.82) is 0 Å². The van der Waals surface area contributed by atoms with Crippen LogP contribution in [0.3, 0.4) is 0 Å². The topological polar surface area (TPSA) is 56.9 Å². The number of oxime groups is 1. The highest BCUT2D eigenvalue weighted by molar-refractivity contribution is 5.80. The first-order valence-corrected chi connectivity index (χ1v) is 9.47. The summed E-state index contributed by atoms with van der Waals surface area (Å²) in [5.41, 5.74) is 5.16. The minimum atomic E-state index is 0.460. The van der Waals surface area contributed by atoms with Crippen LogP contribution < -0.4 is 4.74 Å². The van der Waals surface area contributed by atoms with Gasteiger partial charge in [-0.1, -0.05) is 40.6 Å². The van der Waals surface area contributed by atoms with Gasteiger partial charge in [0.25, 0.3) is 0 Å². The molecule has 0 unspecified atom stereocenters. The summed E-state index contributed by atoms with van der Waals surface area (Å²) in [5, 5.41) is 7.98. The van der Waals surface area contributed by atoms with Crippen molar-refractivity contribution in [3.8, 4) is 5.75 Å². The first-order chi connectivity index (χ1) is 13.6. The number of ether oxygens (including phenoxy) is 1. The molecule has 0 aliphatic heterocycles. The molecule has 1 heterocycles. The number of hydrogen-bond acceptors (Lipinski definition) is 5. The molecule has 0 N–H and O–H groups in total. The van der Waals surface area contributed by atoms with Crippen molar-refractivity contribution in [3.63, 3.8) is 0 Å². The third-order valence-corrected chi connectivity index (χ3v) is 4.32. The maximum atomic E-state index is 6.00. The van der Waals surface area contributed by atoms with Gasteiger partial charge in [0.15, 0.2) is 0 Å². The lowest BCUT2D eigenvalue weighted by molar-refractivity contribution is 0.132. The Balaban J connectivity index is 1.49. The molecule has 1 aromatic heterocycles. The van der Waals surface area contributed by atoms with Gasteiger partial charge in [0, 0.05) is 12.5 Å². The Morgan fingerprint density at radius 2 is 1.79 bits per heavy atom. The van der Waals surface area contributed by atoms with Crippen LogP contribution in [-0.2, 0) is 17.9 Å². The first kappa shape index (κ1) is 19.7. The molecule has 0 saturated carbocycles. The highest BCUT2D eigenvalue weighted by Gasteiger charge is 2.07. The molecule has 0 atom stereocenters. The van der Waals surface area contributed by atoms with Crippen molar-refractivity contribution in [2.45, 2.75) is 40.2 Å². The average molecular weight is 378 g/mol. The van der Waals surface area contributed by atoms with Crippen LogP contribution in [-0.4, -0.2) is 18.0 Å². The van der Waals surface area contributed by atoms with Crippen molar-refractivity contribution in [2.75, 3.05) is 6.61 Å². The molecule has 5 heteroatoms. The van der Waals surface area contributed by atoms with Gasteiger partial charge in [-0.2, -0.15) is 0 Å². The lowest BCUT2D eigenvalue weighted by Crippen LogP contribution is -2.03. The van der Waals surface area contributed by atoms with Crippen molar-refractivity contribution in [1.82, 2.24) is 5.16 Å². The van der Waals surface area contributed by atoms with Crippen molar-refractivity contribution in [2.24, 2.45) is 5.16 Å². The van der Waals surface area contributed by atoms with Crippen molar-refractivity contribution in [3.05, 3.63) is 82.2 Å². The number of rotatable bonds is 9. The minimum Gasteiger partial charge on any atom is -0.493 e. The fourth-order valence-electron chi connectivity index (χ4n) is 3.02. The molecule has 0 amide bonds. The number of hydrogen-bond donors (Lipinski definition) is 0. The highest BCUT2D eigenvalue weighted by atomic mass is 16.6. The fraction of sp³-hybridized carbons (Fsp3) is 0.304. The molecular weight excluding hydrogens is 352 g/mol. The van der Waals surface area contributed by atoms with E-state index < -0.39 is 0 Å². The molecule has 0 spiro atoms. The van der Waals surface area contributed by atoms with E-state index >= 15 is 0 Å². The summed E-state index contributed by atoms with van der Waals surface area (Å²) in [5.74, 6) is 1.83. The van der Waals surface area contributed by atoms with Gasteiger partial charge in [-0.25, -0.2) is 0 Å². The Morgan fingerprint density at radius 1 is 1.04 bits per heavy atom. The summed E-state index contributed by atoms with van der Waals surface area (Å²) in [4.78, 5) is 5.38. The molecule has 0 aliphatic carbocycles. The van der Waals surface area contributed by atoms with Gasteiger partial charge >= 0.3 is 0 Å². The molecule has 146 valence electrons. The third-order valence-electron chi connectivity index (χ3n) is 4.32. The number of aromatic nitrogens is 1. The molecule has 0 saturated heterocycles. The normalized spacial score (nSPS) is 11.1. The zero-order valence-corrected chi connectivity index (χ0v) is 16.6. The largest absolute Gasteiger partial charge is 0.493 e. The lowest BCUT2D eigenvalue weighted by Gasteiger charge is -2.12. The van der Waals surface area contributed by atoms with Crippen LogP contribution in [0.4, 0.5) is 0 Å². The minimum absolute atomic E-state index is 0.460. The van der Waals surface area contributed by atoms with E-state index in [2.05, 4.69) is 22.4 Å². The lowest BCUT2D eigenvalue weighted by atomic mass is 10.1. The standard InChI is InChI=1S/C23H26N2O3/c1-17-12-21(15-24-27-16-20-8-5-4-6-9-20)13-18(2)23(17)26-11-7-10-22-14-19(3)25-28-22/h4-6,8-9,12-15H,7,10-11,16H2,1-3H3/b24-15+. The van der Waals surface area contributed by atoms with Crippen LogP contribution in [0.2, 0.25) is 0 Å². The van der Waals surface area contributed by atoms with Crippen LogP contribution in [0.1, 0.15) is 40.1 Å². The van der Waals surface area contributed by atoms with Crippen LogP contribution in [0.15, 0.2) is 58.2 Å². The van der Waals surface area contributed by atoms with E-state index in [1.165, 1.54) is 0 Å². The molecule has 0 radical (unpaired) electrons. The van der Waals surface area contributed by atoms with E-state index in [4.69, 9.17) is 14.1 Å². The fourth-order valence-corrected chi connectivity index (χ4v) is 3.02. The van der Waals surface area contributed by atoms with Gasteiger partial charge in [-0.05, 0) is 61.6 Å². The zero-order valence-electron chi connectivity index (χ0n) is 16.6. The quantitative estimate of drug-likeness (QED) is 0.293. The smallest absolute Gasteiger partial charge is 0.142 e. The SMILES string of the molecule is Cc1cc(CCCOc2c(C)cc(/C=N/OCc3ccccc3)cc2C)on1. The van der Waals surface area contributed by atoms with Gasteiger partial charge in [-0.3, -0.25) is 0 Å². The predicted octanol–water partition coefficient (Wildman–Crippen LogP) is 5.16. The van der Waals surface area contributed by atoms with E-state index in [-0.39, 0.29) is 0 Å². The molecule has 0 bridgehead atoms. The highest BCUT2D eigenvalue weighted by Crippen LogP contribution is 2.24. The summed E-state index contributed by atoms with van der Waals surface area (Å²) < 4.78 is 11.2. The van der Waals surface area contributed by atoms with E-state index in [1.807, 2.05) is 57.2 Å². The van der Waals surface area contributed by atoms with E-state index in [0.717, 1.165) is 52.3 Å². The van der Waals surface area contributed by atoms with Gasteiger partial charge in [0.05, 0.1) is 18.5 Å². The summed E-state index contributed by atoms with van der Waals surface area (Å²) in [7, 11) is 0. The Bertz CT molecular complexity index is 894. The molecule has 28 heavy (non-hydrogen) atoms. The molecular formula is C23H26N2O3. The van der Waals surface area contributed by atoms with E-state index in [0.29, 0.717) is 13.2 Å². The van der Waals surface area contributed by atoms with Gasteiger partial charge in [0.2, 0.25) is 0 Å². The molecule has 2 aromatic carbocycles. The maximum absolute atomic E-state index is 6.00. The molecule has 3 rings (SSSR count).